The van der Waals surface area contributed by atoms with E-state index in [1.807, 2.05) is 31.2 Å². The van der Waals surface area contributed by atoms with Crippen molar-refractivity contribution in [3.63, 3.8) is 0 Å². The first-order valence-electron chi connectivity index (χ1n) is 7.48. The van der Waals surface area contributed by atoms with Crippen molar-refractivity contribution in [1.82, 2.24) is 10.6 Å². The Bertz CT molecular complexity index is 703. The molecule has 2 aromatic carbocycles. The summed E-state index contributed by atoms with van der Waals surface area (Å²) < 4.78 is 0. The van der Waals surface area contributed by atoms with Gasteiger partial charge in [0.1, 0.15) is 0 Å². The Morgan fingerprint density at radius 1 is 1.22 bits per heavy atom. The number of carbonyl (C=O) groups is 1. The van der Waals surface area contributed by atoms with Gasteiger partial charge in [-0.3, -0.25) is 4.79 Å². The van der Waals surface area contributed by atoms with Crippen molar-refractivity contribution in [1.29, 1.82) is 0 Å². The molecule has 1 amide bonds. The number of hydrogen-bond donors (Lipinski definition) is 2. The molecule has 1 unspecified atom stereocenters. The normalized spacial score (nSPS) is 13.8. The van der Waals surface area contributed by atoms with Crippen molar-refractivity contribution in [3.8, 4) is 0 Å². The highest BCUT2D eigenvalue weighted by Gasteiger charge is 2.16. The van der Waals surface area contributed by atoms with Crippen LogP contribution in [-0.2, 0) is 24.4 Å². The van der Waals surface area contributed by atoms with Crippen LogP contribution in [0.1, 0.15) is 35.1 Å². The number of halogens is 2. The largest absolute Gasteiger partial charge is 0.352 e. The third-order valence-electron chi connectivity index (χ3n) is 4.11. The average molecular weight is 351 g/mol. The van der Waals surface area contributed by atoms with Crippen molar-refractivity contribution in [2.45, 2.75) is 32.5 Å². The molecular weight excluding hydrogens is 331 g/mol. The summed E-state index contributed by atoms with van der Waals surface area (Å²) in [5.74, 6) is -0.198. The summed E-state index contributed by atoms with van der Waals surface area (Å²) in [6.07, 6.45) is 0. The Morgan fingerprint density at radius 3 is 2.78 bits per heavy atom. The number of benzene rings is 2. The Hall–Kier alpha value is -1.55. The maximum Gasteiger partial charge on any atom is 0.227 e. The first-order chi connectivity index (χ1) is 10.6. The van der Waals surface area contributed by atoms with Gasteiger partial charge in [0, 0.05) is 24.7 Å². The molecule has 23 heavy (non-hydrogen) atoms. The van der Waals surface area contributed by atoms with E-state index in [2.05, 4.69) is 28.8 Å². The molecule has 0 fully saturated rings. The molecular formula is C18H20Cl2N2O. The van der Waals surface area contributed by atoms with Gasteiger partial charge in [-0.05, 0) is 41.3 Å². The van der Waals surface area contributed by atoms with Crippen LogP contribution in [0.2, 0.25) is 5.02 Å². The third-order valence-corrected chi connectivity index (χ3v) is 4.35. The van der Waals surface area contributed by atoms with Crippen LogP contribution in [0.5, 0.6) is 0 Å². The van der Waals surface area contributed by atoms with Gasteiger partial charge in [0.2, 0.25) is 5.91 Å². The Balaban J connectivity index is 0.00000192. The van der Waals surface area contributed by atoms with Crippen molar-refractivity contribution in [2.75, 3.05) is 0 Å². The maximum atomic E-state index is 12.3. The molecule has 0 bridgehead atoms. The molecule has 1 heterocycles. The van der Waals surface area contributed by atoms with Gasteiger partial charge in [0.15, 0.2) is 0 Å². The predicted octanol–water partition coefficient (Wildman–Crippen LogP) is 3.78. The summed E-state index contributed by atoms with van der Waals surface area (Å²) in [7, 11) is 0. The van der Waals surface area contributed by atoms with Crippen LogP contribution in [-0.4, -0.2) is 5.91 Å². The van der Waals surface area contributed by atoms with Gasteiger partial charge >= 0.3 is 0 Å². The fourth-order valence-corrected chi connectivity index (χ4v) is 2.93. The van der Waals surface area contributed by atoms with Crippen LogP contribution in [0.4, 0.5) is 0 Å². The van der Waals surface area contributed by atoms with E-state index in [-0.39, 0.29) is 24.2 Å². The molecule has 1 aliphatic heterocycles. The molecule has 1 aliphatic rings. The number of nitrogens with one attached hydrogen (secondary N) is 2. The molecule has 122 valence electrons. The topological polar surface area (TPSA) is 41.1 Å². The zero-order chi connectivity index (χ0) is 15.5. The quantitative estimate of drug-likeness (QED) is 0.880. The number of rotatable bonds is 4. The van der Waals surface area contributed by atoms with Crippen LogP contribution < -0.4 is 10.6 Å². The molecule has 0 saturated carbocycles. The van der Waals surface area contributed by atoms with E-state index in [0.29, 0.717) is 11.6 Å². The van der Waals surface area contributed by atoms with Crippen LogP contribution >= 0.6 is 24.0 Å². The summed E-state index contributed by atoms with van der Waals surface area (Å²) >= 11 is 5.98. The van der Waals surface area contributed by atoms with E-state index in [0.717, 1.165) is 24.2 Å². The molecule has 2 N–H and O–H groups in total. The zero-order valence-electron chi connectivity index (χ0n) is 12.9. The molecule has 1 atom stereocenters. The molecule has 3 rings (SSSR count). The number of fused-ring (bicyclic) bond motifs is 1. The van der Waals surface area contributed by atoms with Crippen LogP contribution in [0.15, 0.2) is 42.5 Å². The number of hydrogen-bond acceptors (Lipinski definition) is 2. The van der Waals surface area contributed by atoms with Gasteiger partial charge in [-0.2, -0.15) is 0 Å². The molecule has 0 aliphatic carbocycles. The molecule has 0 aromatic heterocycles. The summed E-state index contributed by atoms with van der Waals surface area (Å²) in [6.45, 7) is 4.30. The maximum absolute atomic E-state index is 12.3. The SMILES string of the molecule is CC(C(=O)NCc1ccc2c(c1)CNC2)c1cccc(Cl)c1.Cl. The second kappa shape index (κ2) is 7.82. The lowest BCUT2D eigenvalue weighted by atomic mass is 10.0. The Labute approximate surface area is 147 Å². The smallest absolute Gasteiger partial charge is 0.227 e. The van der Waals surface area contributed by atoms with Gasteiger partial charge in [0.25, 0.3) is 0 Å². The Kier molecular flexibility index (Phi) is 6.05. The number of carbonyl (C=O) groups excluding carboxylic acids is 1. The molecule has 0 saturated heterocycles. The minimum atomic E-state index is -0.213. The van der Waals surface area contributed by atoms with Gasteiger partial charge < -0.3 is 10.6 Å². The lowest BCUT2D eigenvalue weighted by Crippen LogP contribution is -2.27. The van der Waals surface area contributed by atoms with Crippen LogP contribution in [0, 0.1) is 0 Å². The van der Waals surface area contributed by atoms with E-state index >= 15 is 0 Å². The van der Waals surface area contributed by atoms with Gasteiger partial charge in [-0.15, -0.1) is 12.4 Å². The van der Waals surface area contributed by atoms with Gasteiger partial charge in [-0.25, -0.2) is 0 Å². The third kappa shape index (κ3) is 4.25. The second-order valence-corrected chi connectivity index (χ2v) is 6.14. The molecule has 3 nitrogen and oxygen atoms in total. The van der Waals surface area contributed by atoms with Crippen molar-refractivity contribution >= 4 is 29.9 Å². The molecule has 0 radical (unpaired) electrons. The lowest BCUT2D eigenvalue weighted by Gasteiger charge is -2.13. The van der Waals surface area contributed by atoms with E-state index in [1.165, 1.54) is 11.1 Å². The van der Waals surface area contributed by atoms with Crippen molar-refractivity contribution in [3.05, 3.63) is 69.7 Å². The average Bonchev–Trinajstić information content (AvgIpc) is 2.99. The van der Waals surface area contributed by atoms with Crippen molar-refractivity contribution in [2.24, 2.45) is 0 Å². The summed E-state index contributed by atoms with van der Waals surface area (Å²) in [5, 5.41) is 6.99. The van der Waals surface area contributed by atoms with E-state index in [4.69, 9.17) is 11.6 Å². The Morgan fingerprint density at radius 2 is 2.00 bits per heavy atom. The van der Waals surface area contributed by atoms with Crippen molar-refractivity contribution < 1.29 is 4.79 Å². The fraction of sp³-hybridized carbons (Fsp3) is 0.278. The van der Waals surface area contributed by atoms with E-state index < -0.39 is 0 Å². The highest BCUT2D eigenvalue weighted by Crippen LogP contribution is 2.20. The fourth-order valence-electron chi connectivity index (χ4n) is 2.73. The van der Waals surface area contributed by atoms with Gasteiger partial charge in [-0.1, -0.05) is 41.9 Å². The standard InChI is InChI=1S/C18H19ClN2O.ClH/c1-12(14-3-2-4-17(19)8-14)18(22)21-9-13-5-6-15-10-20-11-16(15)7-13;/h2-8,12,20H,9-11H2,1H3,(H,21,22);1H. The van der Waals surface area contributed by atoms with Crippen LogP contribution in [0.3, 0.4) is 0 Å². The summed E-state index contributed by atoms with van der Waals surface area (Å²) in [4.78, 5) is 12.3. The minimum Gasteiger partial charge on any atom is -0.352 e. The monoisotopic (exact) mass is 350 g/mol. The van der Waals surface area contributed by atoms with Gasteiger partial charge in [0.05, 0.1) is 5.92 Å². The summed E-state index contributed by atoms with van der Waals surface area (Å²) in [5.41, 5.74) is 4.74. The summed E-state index contributed by atoms with van der Waals surface area (Å²) in [6, 6.07) is 13.8. The lowest BCUT2D eigenvalue weighted by molar-refractivity contribution is -0.122. The van der Waals surface area contributed by atoms with Crippen LogP contribution in [0.25, 0.3) is 0 Å². The molecule has 2 aromatic rings. The predicted molar refractivity (Wildman–Crippen MR) is 95.9 cm³/mol. The highest BCUT2D eigenvalue weighted by atomic mass is 35.5. The molecule has 0 spiro atoms. The first kappa shape index (κ1) is 17.8. The number of amides is 1. The van der Waals surface area contributed by atoms with E-state index in [1.54, 1.807) is 0 Å². The zero-order valence-corrected chi connectivity index (χ0v) is 14.5. The minimum absolute atomic E-state index is 0. The second-order valence-electron chi connectivity index (χ2n) is 5.70. The first-order valence-corrected chi connectivity index (χ1v) is 7.86. The molecule has 5 heteroatoms. The van der Waals surface area contributed by atoms with E-state index in [9.17, 15) is 4.79 Å². The highest BCUT2D eigenvalue weighted by molar-refractivity contribution is 6.30.